The highest BCUT2D eigenvalue weighted by atomic mass is 32.1. The molecule has 0 bridgehead atoms. The second-order valence-electron chi connectivity index (χ2n) is 4.22. The zero-order chi connectivity index (χ0) is 13.8. The third kappa shape index (κ3) is 2.96. The summed E-state index contributed by atoms with van der Waals surface area (Å²) in [5.41, 5.74) is 1.18. The first kappa shape index (κ1) is 13.6. The Labute approximate surface area is 117 Å². The molecular weight excluding hydrogens is 264 g/mol. The van der Waals surface area contributed by atoms with E-state index in [2.05, 4.69) is 10.6 Å². The maximum absolute atomic E-state index is 12.1. The largest absolute Gasteiger partial charge is 0.467 e. The van der Waals surface area contributed by atoms with E-state index in [0.29, 0.717) is 28.7 Å². The molecule has 0 spiro atoms. The Morgan fingerprint density at radius 3 is 3.00 bits per heavy atom. The highest BCUT2D eigenvalue weighted by Gasteiger charge is 2.32. The van der Waals surface area contributed by atoms with E-state index in [4.69, 9.17) is 21.4 Å². The molecule has 19 heavy (non-hydrogen) atoms. The molecule has 0 aromatic carbocycles. The molecule has 0 radical (unpaired) electrons. The Morgan fingerprint density at radius 2 is 2.37 bits per heavy atom. The smallest absolute Gasteiger partial charge is 0.338 e. The van der Waals surface area contributed by atoms with Crippen LogP contribution in [0.4, 0.5) is 0 Å². The summed E-state index contributed by atoms with van der Waals surface area (Å²) in [4.78, 5) is 12.1. The van der Waals surface area contributed by atoms with Crippen LogP contribution in [0.1, 0.15) is 32.1 Å². The van der Waals surface area contributed by atoms with Gasteiger partial charge in [0, 0.05) is 5.70 Å². The van der Waals surface area contributed by atoms with Crippen molar-refractivity contribution in [1.82, 2.24) is 10.6 Å². The molecule has 2 N–H and O–H groups in total. The Kier molecular flexibility index (Phi) is 4.21. The molecule has 1 aliphatic rings. The molecule has 0 fully saturated rings. The summed E-state index contributed by atoms with van der Waals surface area (Å²) < 4.78 is 10.6. The van der Waals surface area contributed by atoms with Crippen LogP contribution in [-0.4, -0.2) is 17.7 Å². The summed E-state index contributed by atoms with van der Waals surface area (Å²) >= 11 is 5.11. The molecule has 0 unspecified atom stereocenters. The van der Waals surface area contributed by atoms with Gasteiger partial charge in [0.15, 0.2) is 5.11 Å². The van der Waals surface area contributed by atoms with E-state index in [0.717, 1.165) is 6.42 Å². The summed E-state index contributed by atoms with van der Waals surface area (Å²) in [7, 11) is 0. The molecule has 0 aliphatic carbocycles. The number of nitrogens with one attached hydrogen (secondary N) is 2. The number of esters is 1. The average molecular weight is 280 g/mol. The van der Waals surface area contributed by atoms with E-state index >= 15 is 0 Å². The van der Waals surface area contributed by atoms with Crippen LogP contribution in [0.5, 0.6) is 0 Å². The number of hydrogen-bond acceptors (Lipinski definition) is 4. The van der Waals surface area contributed by atoms with Gasteiger partial charge in [-0.2, -0.15) is 0 Å². The number of thiocarbonyl (C=S) groups is 1. The van der Waals surface area contributed by atoms with Crippen LogP contribution < -0.4 is 10.6 Å². The van der Waals surface area contributed by atoms with Gasteiger partial charge in [-0.05, 0) is 37.7 Å². The molecule has 2 rings (SSSR count). The quantitative estimate of drug-likeness (QED) is 0.650. The second kappa shape index (κ2) is 5.88. The van der Waals surface area contributed by atoms with Crippen LogP contribution in [0.25, 0.3) is 0 Å². The van der Waals surface area contributed by atoms with Gasteiger partial charge in [-0.15, -0.1) is 0 Å². The molecule has 6 heteroatoms. The van der Waals surface area contributed by atoms with Gasteiger partial charge in [0.2, 0.25) is 0 Å². The Balaban J connectivity index is 2.31. The van der Waals surface area contributed by atoms with E-state index < -0.39 is 6.04 Å². The van der Waals surface area contributed by atoms with Crippen LogP contribution in [0.3, 0.4) is 0 Å². The van der Waals surface area contributed by atoms with E-state index in [1.807, 2.05) is 6.92 Å². The van der Waals surface area contributed by atoms with Crippen LogP contribution in [-0.2, 0) is 9.53 Å². The van der Waals surface area contributed by atoms with Crippen molar-refractivity contribution in [3.63, 3.8) is 0 Å². The highest BCUT2D eigenvalue weighted by Crippen LogP contribution is 2.27. The lowest BCUT2D eigenvalue weighted by Gasteiger charge is -2.28. The first-order valence-electron chi connectivity index (χ1n) is 6.12. The van der Waals surface area contributed by atoms with Gasteiger partial charge in [-0.3, -0.25) is 0 Å². The summed E-state index contributed by atoms with van der Waals surface area (Å²) in [6, 6.07) is 3.16. The third-order valence-electron chi connectivity index (χ3n) is 2.75. The molecule has 2 heterocycles. The summed E-state index contributed by atoms with van der Waals surface area (Å²) in [5.74, 6) is 0.273. The molecule has 0 saturated carbocycles. The lowest BCUT2D eigenvalue weighted by molar-refractivity contribution is -0.139. The van der Waals surface area contributed by atoms with Crippen LogP contribution in [0.15, 0.2) is 34.1 Å². The Bertz CT molecular complexity index is 508. The zero-order valence-electron chi connectivity index (χ0n) is 10.9. The van der Waals surface area contributed by atoms with Gasteiger partial charge >= 0.3 is 5.97 Å². The highest BCUT2D eigenvalue weighted by molar-refractivity contribution is 7.80. The second-order valence-corrected chi connectivity index (χ2v) is 4.63. The molecular formula is C13H16N2O3S. The molecule has 1 aliphatic heterocycles. The minimum Gasteiger partial charge on any atom is -0.467 e. The van der Waals surface area contributed by atoms with Crippen LogP contribution in [0.2, 0.25) is 0 Å². The van der Waals surface area contributed by atoms with Crippen molar-refractivity contribution in [2.75, 3.05) is 6.61 Å². The minimum absolute atomic E-state index is 0.358. The van der Waals surface area contributed by atoms with Gasteiger partial charge < -0.3 is 19.8 Å². The number of carbonyl (C=O) groups excluding carboxylic acids is 1. The summed E-state index contributed by atoms with van der Waals surface area (Å²) in [6.07, 6.45) is 2.34. The van der Waals surface area contributed by atoms with E-state index in [9.17, 15) is 4.79 Å². The molecule has 5 nitrogen and oxygen atoms in total. The SMILES string of the molecule is CCCOC(=O)C1=C(C)NC(=S)N[C@@H]1c1ccco1. The maximum atomic E-state index is 12.1. The molecule has 1 atom stereocenters. The third-order valence-corrected chi connectivity index (χ3v) is 2.97. The van der Waals surface area contributed by atoms with Crippen LogP contribution in [0, 0.1) is 0 Å². The molecule has 0 amide bonds. The number of allylic oxidation sites excluding steroid dienone is 1. The number of rotatable bonds is 4. The molecule has 0 saturated heterocycles. The number of carbonyl (C=O) groups is 1. The van der Waals surface area contributed by atoms with E-state index in [1.54, 1.807) is 25.3 Å². The lowest BCUT2D eigenvalue weighted by atomic mass is 10.0. The van der Waals surface area contributed by atoms with Gasteiger partial charge in [0.25, 0.3) is 0 Å². The summed E-state index contributed by atoms with van der Waals surface area (Å²) in [5, 5.41) is 6.42. The van der Waals surface area contributed by atoms with Gasteiger partial charge in [0.05, 0.1) is 18.4 Å². The first-order valence-corrected chi connectivity index (χ1v) is 6.53. The fraction of sp³-hybridized carbons (Fsp3) is 0.385. The van der Waals surface area contributed by atoms with Crippen molar-refractivity contribution in [2.45, 2.75) is 26.3 Å². The van der Waals surface area contributed by atoms with Gasteiger partial charge in [-0.1, -0.05) is 6.92 Å². The topological polar surface area (TPSA) is 63.5 Å². The average Bonchev–Trinajstić information content (AvgIpc) is 2.88. The standard InChI is InChI=1S/C13H16N2O3S/c1-3-6-18-12(16)10-8(2)14-13(19)15-11(10)9-5-4-7-17-9/h4-5,7,11H,3,6H2,1-2H3,(H2,14,15,19)/t11-/m1/s1. The first-order chi connectivity index (χ1) is 9.13. The van der Waals surface area contributed by atoms with E-state index in [-0.39, 0.29) is 5.97 Å². The van der Waals surface area contributed by atoms with E-state index in [1.165, 1.54) is 0 Å². The Morgan fingerprint density at radius 1 is 1.58 bits per heavy atom. The van der Waals surface area contributed by atoms with Crippen LogP contribution >= 0.6 is 12.2 Å². The lowest BCUT2D eigenvalue weighted by Crippen LogP contribution is -2.45. The van der Waals surface area contributed by atoms with Gasteiger partial charge in [0.1, 0.15) is 11.8 Å². The van der Waals surface area contributed by atoms with Crippen molar-refractivity contribution >= 4 is 23.3 Å². The van der Waals surface area contributed by atoms with Crippen molar-refractivity contribution in [3.8, 4) is 0 Å². The zero-order valence-corrected chi connectivity index (χ0v) is 11.7. The minimum atomic E-state index is -0.409. The predicted molar refractivity (Wildman–Crippen MR) is 74.3 cm³/mol. The maximum Gasteiger partial charge on any atom is 0.338 e. The Hall–Kier alpha value is -1.82. The molecule has 1 aromatic heterocycles. The van der Waals surface area contributed by atoms with Crippen molar-refractivity contribution < 1.29 is 13.9 Å². The predicted octanol–water partition coefficient (Wildman–Crippen LogP) is 2.03. The van der Waals surface area contributed by atoms with Crippen molar-refractivity contribution in [3.05, 3.63) is 35.4 Å². The molecule has 102 valence electrons. The van der Waals surface area contributed by atoms with Crippen molar-refractivity contribution in [1.29, 1.82) is 0 Å². The fourth-order valence-electron chi connectivity index (χ4n) is 1.91. The summed E-state index contributed by atoms with van der Waals surface area (Å²) in [6.45, 7) is 4.14. The monoisotopic (exact) mass is 280 g/mol. The number of ether oxygens (including phenoxy) is 1. The fourth-order valence-corrected chi connectivity index (χ4v) is 2.18. The molecule has 1 aromatic rings. The number of furan rings is 1. The normalized spacial score (nSPS) is 18.8. The van der Waals surface area contributed by atoms with Crippen molar-refractivity contribution in [2.24, 2.45) is 0 Å². The number of hydrogen-bond donors (Lipinski definition) is 2. The van der Waals surface area contributed by atoms with Gasteiger partial charge in [-0.25, -0.2) is 4.79 Å².